The third-order valence-corrected chi connectivity index (χ3v) is 4.99. The Balaban J connectivity index is 2.16. The number of benzene rings is 1. The van der Waals surface area contributed by atoms with E-state index in [2.05, 4.69) is 0 Å². The largest absolute Gasteiger partial charge is 0.297 e. The first-order valence-corrected chi connectivity index (χ1v) is 8.26. The lowest BCUT2D eigenvalue weighted by molar-refractivity contribution is 0.0830. The van der Waals surface area contributed by atoms with Gasteiger partial charge < -0.3 is 0 Å². The normalized spacial score (nSPS) is 13.1. The predicted octanol–water partition coefficient (Wildman–Crippen LogP) is 3.03. The highest BCUT2D eigenvalue weighted by Gasteiger charge is 2.25. The van der Waals surface area contributed by atoms with Gasteiger partial charge in [-0.3, -0.25) is 8.98 Å². The summed E-state index contributed by atoms with van der Waals surface area (Å²) in [6.07, 6.45) is -1.04. The zero-order valence-corrected chi connectivity index (χ0v) is 12.7. The fourth-order valence-electron chi connectivity index (χ4n) is 1.61. The summed E-state index contributed by atoms with van der Waals surface area (Å²) >= 11 is 1.26. The van der Waals surface area contributed by atoms with E-state index < -0.39 is 16.2 Å². The number of carbonyl (C=O) groups is 1. The van der Waals surface area contributed by atoms with E-state index in [1.54, 1.807) is 29.6 Å². The van der Waals surface area contributed by atoms with Gasteiger partial charge in [-0.05, 0) is 37.4 Å². The maximum atomic E-state index is 12.1. The van der Waals surface area contributed by atoms with Crippen molar-refractivity contribution in [2.45, 2.75) is 24.8 Å². The summed E-state index contributed by atoms with van der Waals surface area (Å²) in [6, 6.07) is 9.68. The van der Waals surface area contributed by atoms with Crippen LogP contribution in [0.2, 0.25) is 0 Å². The van der Waals surface area contributed by atoms with Gasteiger partial charge in [0.25, 0.3) is 10.1 Å². The molecule has 0 aliphatic rings. The summed E-state index contributed by atoms with van der Waals surface area (Å²) in [5, 5.41) is 1.76. The highest BCUT2D eigenvalue weighted by atomic mass is 32.2. The maximum absolute atomic E-state index is 12.1. The van der Waals surface area contributed by atoms with Crippen molar-refractivity contribution in [3.63, 3.8) is 0 Å². The SMILES string of the molecule is Cc1ccc(S(=O)(=O)O[C@H](C)C(=O)c2cccs2)cc1. The molecule has 1 heterocycles. The molecule has 0 spiro atoms. The van der Waals surface area contributed by atoms with Crippen LogP contribution in [0.15, 0.2) is 46.7 Å². The van der Waals surface area contributed by atoms with Gasteiger partial charge >= 0.3 is 0 Å². The Morgan fingerprint density at radius 3 is 2.40 bits per heavy atom. The minimum atomic E-state index is -3.93. The summed E-state index contributed by atoms with van der Waals surface area (Å²) < 4.78 is 29.1. The average Bonchev–Trinajstić information content (AvgIpc) is 2.91. The maximum Gasteiger partial charge on any atom is 0.297 e. The number of Topliss-reactive ketones (excluding diaryl/α,β-unsaturated/α-hetero) is 1. The van der Waals surface area contributed by atoms with Gasteiger partial charge in [0.2, 0.25) is 5.78 Å². The van der Waals surface area contributed by atoms with Gasteiger partial charge in [0.1, 0.15) is 6.10 Å². The van der Waals surface area contributed by atoms with Crippen molar-refractivity contribution < 1.29 is 17.4 Å². The lowest BCUT2D eigenvalue weighted by Gasteiger charge is -2.11. The van der Waals surface area contributed by atoms with Crippen LogP contribution in [0.4, 0.5) is 0 Å². The van der Waals surface area contributed by atoms with E-state index in [-0.39, 0.29) is 10.7 Å². The zero-order chi connectivity index (χ0) is 14.8. The Kier molecular flexibility index (Phi) is 4.37. The molecule has 0 fully saturated rings. The van der Waals surface area contributed by atoms with Crippen LogP contribution in [0.1, 0.15) is 22.2 Å². The molecule has 106 valence electrons. The third kappa shape index (κ3) is 3.33. The minimum Gasteiger partial charge on any atom is -0.290 e. The van der Waals surface area contributed by atoms with Crippen molar-refractivity contribution in [1.82, 2.24) is 0 Å². The van der Waals surface area contributed by atoms with Gasteiger partial charge in [-0.25, -0.2) is 0 Å². The second kappa shape index (κ2) is 5.87. The van der Waals surface area contributed by atoms with E-state index >= 15 is 0 Å². The Morgan fingerprint density at radius 1 is 1.20 bits per heavy atom. The molecule has 0 saturated heterocycles. The molecule has 0 saturated carbocycles. The molecular formula is C14H14O4S2. The van der Waals surface area contributed by atoms with E-state index in [9.17, 15) is 13.2 Å². The van der Waals surface area contributed by atoms with E-state index in [1.807, 2.05) is 6.92 Å². The number of carbonyl (C=O) groups excluding carboxylic acids is 1. The molecule has 0 N–H and O–H groups in total. The minimum absolute atomic E-state index is 0.0499. The summed E-state index contributed by atoms with van der Waals surface area (Å²) in [6.45, 7) is 3.30. The summed E-state index contributed by atoms with van der Waals surface area (Å²) in [5.74, 6) is -0.337. The lowest BCUT2D eigenvalue weighted by atomic mass is 10.2. The topological polar surface area (TPSA) is 60.4 Å². The second-order valence-corrected chi connectivity index (χ2v) is 6.87. The van der Waals surface area contributed by atoms with Crippen LogP contribution >= 0.6 is 11.3 Å². The molecule has 1 atom stereocenters. The Morgan fingerprint density at radius 2 is 1.85 bits per heavy atom. The van der Waals surface area contributed by atoms with Gasteiger partial charge in [-0.15, -0.1) is 11.3 Å². The van der Waals surface area contributed by atoms with Crippen LogP contribution in [0.5, 0.6) is 0 Å². The number of aryl methyl sites for hydroxylation is 1. The smallest absolute Gasteiger partial charge is 0.290 e. The van der Waals surface area contributed by atoms with E-state index in [1.165, 1.54) is 30.4 Å². The van der Waals surface area contributed by atoms with Crippen molar-refractivity contribution in [2.24, 2.45) is 0 Å². The first-order valence-electron chi connectivity index (χ1n) is 5.98. The van der Waals surface area contributed by atoms with Gasteiger partial charge in [0.05, 0.1) is 9.77 Å². The monoisotopic (exact) mass is 310 g/mol. The second-order valence-electron chi connectivity index (χ2n) is 4.35. The van der Waals surface area contributed by atoms with Crippen molar-refractivity contribution in [3.05, 3.63) is 52.2 Å². The van der Waals surface area contributed by atoms with Crippen LogP contribution < -0.4 is 0 Å². The van der Waals surface area contributed by atoms with Gasteiger partial charge in [0.15, 0.2) is 0 Å². The molecule has 0 aliphatic carbocycles. The lowest BCUT2D eigenvalue weighted by Crippen LogP contribution is -2.24. The van der Waals surface area contributed by atoms with Gasteiger partial charge in [-0.2, -0.15) is 8.42 Å². The molecule has 0 aliphatic heterocycles. The molecule has 1 aromatic heterocycles. The number of hydrogen-bond acceptors (Lipinski definition) is 5. The molecule has 2 rings (SSSR count). The van der Waals surface area contributed by atoms with Crippen molar-refractivity contribution >= 4 is 27.2 Å². The first-order chi connectivity index (χ1) is 9.40. The Bertz CT molecular complexity index is 685. The average molecular weight is 310 g/mol. The molecule has 0 radical (unpaired) electrons. The standard InChI is InChI=1S/C14H14O4S2/c1-10-5-7-12(8-6-10)20(16,17)18-11(2)14(15)13-4-3-9-19-13/h3-9,11H,1-2H3/t11-/m1/s1. The molecule has 4 nitrogen and oxygen atoms in total. The van der Waals surface area contributed by atoms with E-state index in [4.69, 9.17) is 4.18 Å². The highest BCUT2D eigenvalue weighted by Crippen LogP contribution is 2.18. The van der Waals surface area contributed by atoms with Gasteiger partial charge in [0, 0.05) is 0 Å². The number of thiophene rings is 1. The van der Waals surface area contributed by atoms with Crippen LogP contribution in [0.3, 0.4) is 0 Å². The summed E-state index contributed by atoms with van der Waals surface area (Å²) in [4.78, 5) is 12.5. The van der Waals surface area contributed by atoms with Crippen molar-refractivity contribution in [2.75, 3.05) is 0 Å². The van der Waals surface area contributed by atoms with Crippen molar-refractivity contribution in [3.8, 4) is 0 Å². The van der Waals surface area contributed by atoms with Crippen LogP contribution in [0.25, 0.3) is 0 Å². The van der Waals surface area contributed by atoms with E-state index in [0.717, 1.165) is 5.56 Å². The van der Waals surface area contributed by atoms with Crippen molar-refractivity contribution in [1.29, 1.82) is 0 Å². The van der Waals surface area contributed by atoms with Crippen LogP contribution in [-0.4, -0.2) is 20.3 Å². The number of rotatable bonds is 5. The molecule has 2 aromatic rings. The molecule has 6 heteroatoms. The number of ketones is 1. The third-order valence-electron chi connectivity index (χ3n) is 2.71. The molecular weight excluding hydrogens is 296 g/mol. The quantitative estimate of drug-likeness (QED) is 0.629. The zero-order valence-electron chi connectivity index (χ0n) is 11.1. The Labute approximate surface area is 122 Å². The van der Waals surface area contributed by atoms with Crippen LogP contribution in [-0.2, 0) is 14.3 Å². The fourth-order valence-corrected chi connectivity index (χ4v) is 3.40. The molecule has 0 amide bonds. The molecule has 0 bridgehead atoms. The van der Waals surface area contributed by atoms with Crippen LogP contribution in [0, 0.1) is 6.92 Å². The molecule has 1 aromatic carbocycles. The predicted molar refractivity (Wildman–Crippen MR) is 77.6 cm³/mol. The number of hydrogen-bond donors (Lipinski definition) is 0. The Hall–Kier alpha value is -1.50. The highest BCUT2D eigenvalue weighted by molar-refractivity contribution is 7.86. The fraction of sp³-hybridized carbons (Fsp3) is 0.214. The van der Waals surface area contributed by atoms with E-state index in [0.29, 0.717) is 4.88 Å². The summed E-state index contributed by atoms with van der Waals surface area (Å²) in [7, 11) is -3.93. The summed E-state index contributed by atoms with van der Waals surface area (Å²) in [5.41, 5.74) is 0.951. The first kappa shape index (κ1) is 14.9. The molecule has 0 unspecified atom stereocenters. The van der Waals surface area contributed by atoms with Gasteiger partial charge in [-0.1, -0.05) is 23.8 Å². The molecule has 20 heavy (non-hydrogen) atoms.